The molecular formula is C15H11F3N2O2S. The first kappa shape index (κ1) is 16.9. The molecule has 2 aromatic rings. The fourth-order valence-electron chi connectivity index (χ4n) is 1.70. The molecule has 0 aliphatic heterocycles. The summed E-state index contributed by atoms with van der Waals surface area (Å²) in [6.45, 7) is 0. The van der Waals surface area contributed by atoms with Crippen LogP contribution in [-0.4, -0.2) is 18.0 Å². The van der Waals surface area contributed by atoms with Crippen molar-refractivity contribution in [1.82, 2.24) is 0 Å². The summed E-state index contributed by atoms with van der Waals surface area (Å²) < 4.78 is 36.4. The predicted octanol–water partition coefficient (Wildman–Crippen LogP) is 3.73. The summed E-state index contributed by atoms with van der Waals surface area (Å²) in [7, 11) is 0. The third-order valence-corrected chi connectivity index (χ3v) is 3.20. The Balaban J connectivity index is 2.05. The number of rotatable bonds is 3. The van der Waals surface area contributed by atoms with E-state index >= 15 is 0 Å². The van der Waals surface area contributed by atoms with E-state index in [1.54, 1.807) is 29.6 Å². The number of benzene rings is 2. The Hall–Kier alpha value is -2.48. The van der Waals surface area contributed by atoms with Crippen LogP contribution in [0.5, 0.6) is 0 Å². The molecule has 0 radical (unpaired) electrons. The summed E-state index contributed by atoms with van der Waals surface area (Å²) in [4.78, 5) is 23.4. The van der Waals surface area contributed by atoms with E-state index in [1.807, 2.05) is 0 Å². The SMILES string of the molecule is O=C(Nc1ccc(NC(=O)C(F)(F)F)cc1)c1ccccc1S. The topological polar surface area (TPSA) is 58.2 Å². The molecule has 0 bridgehead atoms. The smallest absolute Gasteiger partial charge is 0.322 e. The van der Waals surface area contributed by atoms with Crippen molar-refractivity contribution in [1.29, 1.82) is 0 Å². The fraction of sp³-hybridized carbons (Fsp3) is 0.0667. The second-order valence-corrected chi connectivity index (χ2v) is 4.98. The fourth-order valence-corrected chi connectivity index (χ4v) is 1.97. The van der Waals surface area contributed by atoms with E-state index in [0.29, 0.717) is 16.1 Å². The van der Waals surface area contributed by atoms with Crippen LogP contribution in [0.3, 0.4) is 0 Å². The largest absolute Gasteiger partial charge is 0.471 e. The van der Waals surface area contributed by atoms with E-state index in [4.69, 9.17) is 0 Å². The van der Waals surface area contributed by atoms with Crippen molar-refractivity contribution in [2.45, 2.75) is 11.1 Å². The summed E-state index contributed by atoms with van der Waals surface area (Å²) in [5, 5.41) is 4.30. The Morgan fingerprint density at radius 2 is 1.39 bits per heavy atom. The highest BCUT2D eigenvalue weighted by Gasteiger charge is 2.38. The van der Waals surface area contributed by atoms with Gasteiger partial charge in [0.2, 0.25) is 0 Å². The maximum absolute atomic E-state index is 12.1. The third kappa shape index (κ3) is 4.49. The number of nitrogens with one attached hydrogen (secondary N) is 2. The molecule has 0 heterocycles. The minimum atomic E-state index is -4.96. The van der Waals surface area contributed by atoms with Crippen molar-refractivity contribution in [3.05, 3.63) is 54.1 Å². The van der Waals surface area contributed by atoms with Gasteiger partial charge < -0.3 is 10.6 Å². The van der Waals surface area contributed by atoms with Gasteiger partial charge >= 0.3 is 12.1 Å². The highest BCUT2D eigenvalue weighted by atomic mass is 32.1. The predicted molar refractivity (Wildman–Crippen MR) is 82.8 cm³/mol. The Bertz CT molecular complexity index is 730. The molecule has 0 saturated heterocycles. The van der Waals surface area contributed by atoms with E-state index in [-0.39, 0.29) is 5.69 Å². The van der Waals surface area contributed by atoms with Crippen molar-refractivity contribution in [2.75, 3.05) is 10.6 Å². The van der Waals surface area contributed by atoms with Crippen molar-refractivity contribution in [2.24, 2.45) is 0 Å². The molecule has 0 atom stereocenters. The molecule has 2 aromatic carbocycles. The number of carbonyl (C=O) groups excluding carboxylic acids is 2. The van der Waals surface area contributed by atoms with Gasteiger partial charge in [0.25, 0.3) is 5.91 Å². The normalized spacial score (nSPS) is 11.0. The van der Waals surface area contributed by atoms with Crippen molar-refractivity contribution < 1.29 is 22.8 Å². The van der Waals surface area contributed by atoms with Gasteiger partial charge in [-0.3, -0.25) is 9.59 Å². The molecule has 8 heteroatoms. The number of thiol groups is 1. The zero-order chi connectivity index (χ0) is 17.0. The van der Waals surface area contributed by atoms with Gasteiger partial charge in [-0.2, -0.15) is 13.2 Å². The number of carbonyl (C=O) groups is 2. The molecule has 0 aliphatic carbocycles. The van der Waals surface area contributed by atoms with Gasteiger partial charge in [-0.1, -0.05) is 12.1 Å². The number of hydrogen-bond donors (Lipinski definition) is 3. The molecule has 0 unspecified atom stereocenters. The molecule has 120 valence electrons. The lowest BCUT2D eigenvalue weighted by molar-refractivity contribution is -0.167. The van der Waals surface area contributed by atoms with Gasteiger partial charge in [0.05, 0.1) is 5.56 Å². The molecular weight excluding hydrogens is 329 g/mol. The lowest BCUT2D eigenvalue weighted by atomic mass is 10.2. The zero-order valence-corrected chi connectivity index (χ0v) is 12.4. The maximum Gasteiger partial charge on any atom is 0.471 e. The molecule has 0 saturated carbocycles. The molecule has 0 fully saturated rings. The Kier molecular flexibility index (Phi) is 4.95. The molecule has 4 nitrogen and oxygen atoms in total. The standard InChI is InChI=1S/C15H11F3N2O2S/c16-15(17,18)14(22)20-10-7-5-9(6-8-10)19-13(21)11-3-1-2-4-12(11)23/h1-8,23H,(H,19,21)(H,20,22). The number of hydrogen-bond acceptors (Lipinski definition) is 3. The van der Waals surface area contributed by atoms with E-state index in [0.717, 1.165) is 0 Å². The zero-order valence-electron chi connectivity index (χ0n) is 11.5. The lowest BCUT2D eigenvalue weighted by Gasteiger charge is -2.10. The quantitative estimate of drug-likeness (QED) is 0.746. The summed E-state index contributed by atoms with van der Waals surface area (Å²) in [6.07, 6.45) is -4.96. The lowest BCUT2D eigenvalue weighted by Crippen LogP contribution is -2.29. The maximum atomic E-state index is 12.1. The van der Waals surface area contributed by atoms with E-state index < -0.39 is 18.0 Å². The Labute approximate surface area is 135 Å². The average molecular weight is 340 g/mol. The van der Waals surface area contributed by atoms with Crippen molar-refractivity contribution in [3.63, 3.8) is 0 Å². The van der Waals surface area contributed by atoms with E-state index in [1.165, 1.54) is 24.3 Å². The van der Waals surface area contributed by atoms with Crippen LogP contribution in [0.15, 0.2) is 53.4 Å². The number of alkyl halides is 3. The van der Waals surface area contributed by atoms with Crippen molar-refractivity contribution >= 4 is 35.8 Å². The minimum Gasteiger partial charge on any atom is -0.322 e. The summed E-state index contributed by atoms with van der Waals surface area (Å²) in [6, 6.07) is 11.9. The Morgan fingerprint density at radius 1 is 0.870 bits per heavy atom. The second kappa shape index (κ2) is 6.74. The van der Waals surface area contributed by atoms with Gasteiger partial charge in [-0.05, 0) is 36.4 Å². The highest BCUT2D eigenvalue weighted by Crippen LogP contribution is 2.20. The average Bonchev–Trinajstić information content (AvgIpc) is 2.48. The highest BCUT2D eigenvalue weighted by molar-refractivity contribution is 7.80. The van der Waals surface area contributed by atoms with Gasteiger partial charge in [0.1, 0.15) is 0 Å². The number of halogens is 3. The number of amides is 2. The van der Waals surface area contributed by atoms with E-state index in [2.05, 4.69) is 17.9 Å². The van der Waals surface area contributed by atoms with Gasteiger partial charge in [-0.15, -0.1) is 12.6 Å². The van der Waals surface area contributed by atoms with Crippen LogP contribution < -0.4 is 10.6 Å². The molecule has 0 aliphatic rings. The molecule has 2 N–H and O–H groups in total. The summed E-state index contributed by atoms with van der Waals surface area (Å²) in [5.74, 6) is -2.46. The molecule has 0 spiro atoms. The van der Waals surface area contributed by atoms with Gasteiger partial charge in [0.15, 0.2) is 0 Å². The molecule has 0 aromatic heterocycles. The first-order valence-electron chi connectivity index (χ1n) is 6.35. The van der Waals surface area contributed by atoms with Crippen LogP contribution in [-0.2, 0) is 4.79 Å². The number of anilines is 2. The summed E-state index contributed by atoms with van der Waals surface area (Å²) in [5.41, 5.74) is 0.710. The molecule has 2 rings (SSSR count). The van der Waals surface area contributed by atoms with Crippen LogP contribution >= 0.6 is 12.6 Å². The van der Waals surface area contributed by atoms with Crippen LogP contribution in [0.4, 0.5) is 24.5 Å². The van der Waals surface area contributed by atoms with Crippen LogP contribution in [0, 0.1) is 0 Å². The van der Waals surface area contributed by atoms with Gasteiger partial charge in [0, 0.05) is 16.3 Å². The monoisotopic (exact) mass is 340 g/mol. The van der Waals surface area contributed by atoms with Crippen LogP contribution in [0.25, 0.3) is 0 Å². The van der Waals surface area contributed by atoms with Gasteiger partial charge in [-0.25, -0.2) is 0 Å². The molecule has 23 heavy (non-hydrogen) atoms. The van der Waals surface area contributed by atoms with Crippen molar-refractivity contribution in [3.8, 4) is 0 Å². The van der Waals surface area contributed by atoms with Crippen LogP contribution in [0.1, 0.15) is 10.4 Å². The van der Waals surface area contributed by atoms with E-state index in [9.17, 15) is 22.8 Å². The minimum absolute atomic E-state index is 0.0279. The molecule has 2 amide bonds. The third-order valence-electron chi connectivity index (χ3n) is 2.81. The first-order chi connectivity index (χ1) is 10.8. The first-order valence-corrected chi connectivity index (χ1v) is 6.79. The Morgan fingerprint density at radius 3 is 1.91 bits per heavy atom. The van der Waals surface area contributed by atoms with Crippen LogP contribution in [0.2, 0.25) is 0 Å². The summed E-state index contributed by atoms with van der Waals surface area (Å²) >= 11 is 4.17. The second-order valence-electron chi connectivity index (χ2n) is 4.50.